The van der Waals surface area contributed by atoms with E-state index in [1.165, 1.54) is 11.8 Å². The lowest BCUT2D eigenvalue weighted by atomic mass is 10.1. The van der Waals surface area contributed by atoms with Gasteiger partial charge in [0.1, 0.15) is 6.07 Å². The van der Waals surface area contributed by atoms with Crippen LogP contribution in [0.4, 0.5) is 5.69 Å². The number of benzene rings is 2. The zero-order chi connectivity index (χ0) is 16.7. The number of anilines is 1. The van der Waals surface area contributed by atoms with Crippen molar-refractivity contribution < 1.29 is 9.59 Å². The zero-order valence-electron chi connectivity index (χ0n) is 12.8. The molecule has 0 spiro atoms. The largest absolute Gasteiger partial charge is 0.350 e. The summed E-state index contributed by atoms with van der Waals surface area (Å²) in [6.07, 6.45) is 0. The highest BCUT2D eigenvalue weighted by molar-refractivity contribution is 5.95. The van der Waals surface area contributed by atoms with Crippen molar-refractivity contribution in [1.29, 1.82) is 5.26 Å². The number of nitriles is 1. The molecule has 2 rings (SSSR count). The molecular weight excluding hydrogens is 290 g/mol. The van der Waals surface area contributed by atoms with E-state index in [0.717, 1.165) is 0 Å². The smallest absolute Gasteiger partial charge is 0.251 e. The molecule has 0 fully saturated rings. The Kier molecular flexibility index (Phi) is 5.48. The number of nitrogens with zero attached hydrogens (tertiary/aromatic N) is 2. The number of hydrogen-bond acceptors (Lipinski definition) is 3. The van der Waals surface area contributed by atoms with Crippen LogP contribution in [-0.2, 0) is 4.79 Å². The molecule has 0 aliphatic carbocycles. The van der Waals surface area contributed by atoms with Crippen LogP contribution >= 0.6 is 0 Å². The summed E-state index contributed by atoms with van der Waals surface area (Å²) in [6.45, 7) is 2.03. The Morgan fingerprint density at radius 3 is 2.39 bits per heavy atom. The topological polar surface area (TPSA) is 73.2 Å². The standard InChI is InChI=1S/C18H17N3O2/c1-14(22)21(17-10-6-5-9-16(17)13-19)12-11-20-18(23)15-7-3-2-4-8-15/h2-10H,11-12H2,1H3,(H,20,23). The second kappa shape index (κ2) is 7.76. The Morgan fingerprint density at radius 2 is 1.74 bits per heavy atom. The maximum absolute atomic E-state index is 12.0. The molecule has 23 heavy (non-hydrogen) atoms. The average Bonchev–Trinajstić information content (AvgIpc) is 2.59. The lowest BCUT2D eigenvalue weighted by molar-refractivity contribution is -0.116. The van der Waals surface area contributed by atoms with Crippen molar-refractivity contribution in [2.75, 3.05) is 18.0 Å². The number of carbonyl (C=O) groups excluding carboxylic acids is 2. The number of carbonyl (C=O) groups is 2. The molecule has 0 unspecified atom stereocenters. The van der Waals surface area contributed by atoms with Gasteiger partial charge in [0.05, 0.1) is 11.3 Å². The summed E-state index contributed by atoms with van der Waals surface area (Å²) in [4.78, 5) is 25.3. The fourth-order valence-corrected chi connectivity index (χ4v) is 2.22. The maximum Gasteiger partial charge on any atom is 0.251 e. The van der Waals surface area contributed by atoms with Crippen LogP contribution < -0.4 is 10.2 Å². The van der Waals surface area contributed by atoms with Crippen LogP contribution in [0.2, 0.25) is 0 Å². The third-order valence-electron chi connectivity index (χ3n) is 3.35. The van der Waals surface area contributed by atoms with Crippen LogP contribution in [0.15, 0.2) is 54.6 Å². The van der Waals surface area contributed by atoms with Gasteiger partial charge in [0, 0.05) is 25.6 Å². The van der Waals surface area contributed by atoms with E-state index in [1.807, 2.05) is 6.07 Å². The molecule has 0 saturated carbocycles. The second-order valence-electron chi connectivity index (χ2n) is 4.92. The number of amides is 2. The van der Waals surface area contributed by atoms with E-state index in [0.29, 0.717) is 29.9 Å². The van der Waals surface area contributed by atoms with Crippen molar-refractivity contribution >= 4 is 17.5 Å². The van der Waals surface area contributed by atoms with Gasteiger partial charge in [-0.25, -0.2) is 0 Å². The van der Waals surface area contributed by atoms with E-state index in [9.17, 15) is 9.59 Å². The van der Waals surface area contributed by atoms with Crippen molar-refractivity contribution in [2.45, 2.75) is 6.92 Å². The molecule has 5 nitrogen and oxygen atoms in total. The summed E-state index contributed by atoms with van der Waals surface area (Å²) in [6, 6.07) is 17.9. The Hall–Kier alpha value is -3.13. The van der Waals surface area contributed by atoms with Crippen LogP contribution in [0.5, 0.6) is 0 Å². The molecule has 0 aliphatic heterocycles. The van der Waals surface area contributed by atoms with Crippen LogP contribution in [0.25, 0.3) is 0 Å². The second-order valence-corrected chi connectivity index (χ2v) is 4.92. The minimum Gasteiger partial charge on any atom is -0.350 e. The number of para-hydroxylation sites is 1. The minimum atomic E-state index is -0.192. The van der Waals surface area contributed by atoms with E-state index >= 15 is 0 Å². The summed E-state index contributed by atoms with van der Waals surface area (Å²) in [5.41, 5.74) is 1.55. The average molecular weight is 307 g/mol. The van der Waals surface area contributed by atoms with E-state index in [1.54, 1.807) is 48.5 Å². The molecule has 0 saturated heterocycles. The van der Waals surface area contributed by atoms with Gasteiger partial charge in [-0.15, -0.1) is 0 Å². The predicted molar refractivity (Wildman–Crippen MR) is 88.0 cm³/mol. The first-order valence-electron chi connectivity index (χ1n) is 7.24. The third kappa shape index (κ3) is 4.17. The Balaban J connectivity index is 2.03. The third-order valence-corrected chi connectivity index (χ3v) is 3.35. The van der Waals surface area contributed by atoms with Gasteiger partial charge in [0.25, 0.3) is 5.91 Å². The molecule has 0 radical (unpaired) electrons. The Labute approximate surface area is 135 Å². The number of nitrogens with one attached hydrogen (secondary N) is 1. The molecule has 2 aromatic rings. The van der Waals surface area contributed by atoms with Crippen molar-refractivity contribution in [2.24, 2.45) is 0 Å². The van der Waals surface area contributed by atoms with E-state index < -0.39 is 0 Å². The SMILES string of the molecule is CC(=O)N(CCNC(=O)c1ccccc1)c1ccccc1C#N. The molecule has 0 heterocycles. The fraction of sp³-hybridized carbons (Fsp3) is 0.167. The molecule has 1 N–H and O–H groups in total. The predicted octanol–water partition coefficient (Wildman–Crippen LogP) is 2.34. The van der Waals surface area contributed by atoms with Gasteiger partial charge in [0.2, 0.25) is 5.91 Å². The first kappa shape index (κ1) is 16.2. The monoisotopic (exact) mass is 307 g/mol. The molecular formula is C18H17N3O2. The lowest BCUT2D eigenvalue weighted by Gasteiger charge is -2.22. The summed E-state index contributed by atoms with van der Waals surface area (Å²) >= 11 is 0. The molecule has 0 atom stereocenters. The molecule has 2 amide bonds. The van der Waals surface area contributed by atoms with Crippen LogP contribution in [-0.4, -0.2) is 24.9 Å². The Bertz CT molecular complexity index is 735. The number of rotatable bonds is 5. The highest BCUT2D eigenvalue weighted by Crippen LogP contribution is 2.19. The molecule has 116 valence electrons. The van der Waals surface area contributed by atoms with Crippen LogP contribution in [0.3, 0.4) is 0 Å². The minimum absolute atomic E-state index is 0.179. The maximum atomic E-state index is 12.0. The van der Waals surface area contributed by atoms with Crippen LogP contribution in [0, 0.1) is 11.3 Å². The quantitative estimate of drug-likeness (QED) is 0.921. The highest BCUT2D eigenvalue weighted by atomic mass is 16.2. The van der Waals surface area contributed by atoms with E-state index in [-0.39, 0.29) is 11.8 Å². The summed E-state index contributed by atoms with van der Waals surface area (Å²) in [5, 5.41) is 11.9. The van der Waals surface area contributed by atoms with Crippen molar-refractivity contribution in [3.8, 4) is 6.07 Å². The van der Waals surface area contributed by atoms with Gasteiger partial charge in [-0.05, 0) is 24.3 Å². The van der Waals surface area contributed by atoms with Gasteiger partial charge in [-0.1, -0.05) is 30.3 Å². The fourth-order valence-electron chi connectivity index (χ4n) is 2.22. The van der Waals surface area contributed by atoms with Gasteiger partial charge < -0.3 is 10.2 Å². The summed E-state index contributed by atoms with van der Waals surface area (Å²) < 4.78 is 0. The van der Waals surface area contributed by atoms with Crippen molar-refractivity contribution in [3.05, 3.63) is 65.7 Å². The first-order chi connectivity index (χ1) is 11.1. The highest BCUT2D eigenvalue weighted by Gasteiger charge is 2.15. The van der Waals surface area contributed by atoms with Crippen molar-refractivity contribution in [3.63, 3.8) is 0 Å². The molecule has 2 aromatic carbocycles. The van der Waals surface area contributed by atoms with Gasteiger partial charge in [-0.2, -0.15) is 5.26 Å². The summed E-state index contributed by atoms with van der Waals surface area (Å²) in [5.74, 6) is -0.371. The summed E-state index contributed by atoms with van der Waals surface area (Å²) in [7, 11) is 0. The van der Waals surface area contributed by atoms with Crippen molar-refractivity contribution in [1.82, 2.24) is 5.32 Å². The Morgan fingerprint density at radius 1 is 1.09 bits per heavy atom. The molecule has 0 bridgehead atoms. The number of hydrogen-bond donors (Lipinski definition) is 1. The normalized spacial score (nSPS) is 9.74. The van der Waals surface area contributed by atoms with Gasteiger partial charge >= 0.3 is 0 Å². The zero-order valence-corrected chi connectivity index (χ0v) is 12.8. The lowest BCUT2D eigenvalue weighted by Crippen LogP contribution is -2.38. The molecule has 0 aliphatic rings. The van der Waals surface area contributed by atoms with E-state index in [4.69, 9.17) is 5.26 Å². The van der Waals surface area contributed by atoms with E-state index in [2.05, 4.69) is 11.4 Å². The molecule has 0 aromatic heterocycles. The van der Waals surface area contributed by atoms with Crippen LogP contribution in [0.1, 0.15) is 22.8 Å². The first-order valence-corrected chi connectivity index (χ1v) is 7.24. The van der Waals surface area contributed by atoms with Gasteiger partial charge in [0.15, 0.2) is 0 Å². The molecule has 5 heteroatoms. The van der Waals surface area contributed by atoms with Gasteiger partial charge in [-0.3, -0.25) is 9.59 Å².